The summed E-state index contributed by atoms with van der Waals surface area (Å²) in [5, 5.41) is 8.93. The summed E-state index contributed by atoms with van der Waals surface area (Å²) < 4.78 is 28.4. The molecule has 0 aromatic carbocycles. The lowest BCUT2D eigenvalue weighted by molar-refractivity contribution is 0.261. The number of hydrogen-bond donors (Lipinski definition) is 1. The highest BCUT2D eigenvalue weighted by Crippen LogP contribution is 2.17. The number of aliphatic hydroxyl groups is 1. The van der Waals surface area contributed by atoms with Crippen molar-refractivity contribution in [2.45, 2.75) is 51.9 Å². The molecule has 0 spiro atoms. The molecule has 0 bridgehead atoms. The second-order valence-corrected chi connectivity index (χ2v) is 7.08. The van der Waals surface area contributed by atoms with Crippen molar-refractivity contribution in [2.24, 2.45) is 0 Å². The van der Waals surface area contributed by atoms with Crippen molar-refractivity contribution in [2.75, 3.05) is 32.8 Å². The molecule has 0 aliphatic carbocycles. The molecule has 1 aliphatic rings. The SMILES string of the molecule is CCCCN(CCCO)S(=O)(=O)N1CCCCCC1. The van der Waals surface area contributed by atoms with Crippen LogP contribution in [0.25, 0.3) is 0 Å². The summed E-state index contributed by atoms with van der Waals surface area (Å²) in [6, 6.07) is 0. The molecular formula is C13H28N2O3S. The van der Waals surface area contributed by atoms with E-state index in [1.165, 1.54) is 0 Å². The van der Waals surface area contributed by atoms with E-state index in [1.807, 2.05) is 0 Å². The Morgan fingerprint density at radius 1 is 1.05 bits per heavy atom. The van der Waals surface area contributed by atoms with Gasteiger partial charge in [-0.1, -0.05) is 26.2 Å². The third kappa shape index (κ3) is 5.38. The van der Waals surface area contributed by atoms with Crippen LogP contribution < -0.4 is 0 Å². The van der Waals surface area contributed by atoms with Crippen molar-refractivity contribution in [3.63, 3.8) is 0 Å². The first-order valence-corrected chi connectivity index (χ1v) is 8.88. The molecule has 1 N–H and O–H groups in total. The van der Waals surface area contributed by atoms with Gasteiger partial charge in [0.15, 0.2) is 0 Å². The van der Waals surface area contributed by atoms with Crippen molar-refractivity contribution < 1.29 is 13.5 Å². The average Bonchev–Trinajstić information content (AvgIpc) is 2.68. The van der Waals surface area contributed by atoms with E-state index in [0.29, 0.717) is 32.6 Å². The van der Waals surface area contributed by atoms with Crippen LogP contribution >= 0.6 is 0 Å². The monoisotopic (exact) mass is 292 g/mol. The van der Waals surface area contributed by atoms with Crippen LogP contribution in [0, 0.1) is 0 Å². The van der Waals surface area contributed by atoms with Gasteiger partial charge in [-0.2, -0.15) is 17.0 Å². The summed E-state index contributed by atoms with van der Waals surface area (Å²) in [5.74, 6) is 0. The molecule has 5 nitrogen and oxygen atoms in total. The van der Waals surface area contributed by atoms with Gasteiger partial charge in [0, 0.05) is 32.8 Å². The van der Waals surface area contributed by atoms with E-state index < -0.39 is 10.2 Å². The van der Waals surface area contributed by atoms with E-state index >= 15 is 0 Å². The highest BCUT2D eigenvalue weighted by molar-refractivity contribution is 7.86. The zero-order valence-corrected chi connectivity index (χ0v) is 12.9. The van der Waals surface area contributed by atoms with Gasteiger partial charge in [-0.05, 0) is 25.7 Å². The summed E-state index contributed by atoms with van der Waals surface area (Å²) >= 11 is 0. The predicted octanol–water partition coefficient (Wildman–Crippen LogP) is 1.59. The second kappa shape index (κ2) is 8.89. The van der Waals surface area contributed by atoms with Crippen LogP contribution in [0.15, 0.2) is 0 Å². The first kappa shape index (κ1) is 16.9. The lowest BCUT2D eigenvalue weighted by Crippen LogP contribution is -2.45. The van der Waals surface area contributed by atoms with Gasteiger partial charge in [0.05, 0.1) is 0 Å². The Bertz CT molecular complexity index is 317. The van der Waals surface area contributed by atoms with Gasteiger partial charge >= 0.3 is 0 Å². The van der Waals surface area contributed by atoms with Crippen molar-refractivity contribution in [1.82, 2.24) is 8.61 Å². The molecule has 0 aromatic heterocycles. The lowest BCUT2D eigenvalue weighted by atomic mass is 10.2. The fraction of sp³-hybridized carbons (Fsp3) is 1.00. The summed E-state index contributed by atoms with van der Waals surface area (Å²) in [6.45, 7) is 4.37. The number of unbranched alkanes of at least 4 members (excludes halogenated alkanes) is 1. The highest BCUT2D eigenvalue weighted by Gasteiger charge is 2.29. The van der Waals surface area contributed by atoms with Crippen LogP contribution in [0.4, 0.5) is 0 Å². The molecular weight excluding hydrogens is 264 g/mol. The van der Waals surface area contributed by atoms with Gasteiger partial charge in [-0.15, -0.1) is 0 Å². The largest absolute Gasteiger partial charge is 0.396 e. The molecule has 1 aliphatic heterocycles. The van der Waals surface area contributed by atoms with E-state index in [4.69, 9.17) is 5.11 Å². The topological polar surface area (TPSA) is 60.9 Å². The summed E-state index contributed by atoms with van der Waals surface area (Å²) in [5.41, 5.74) is 0. The van der Waals surface area contributed by atoms with Crippen LogP contribution in [0.1, 0.15) is 51.9 Å². The standard InChI is InChI=1S/C13H28N2O3S/c1-2-3-9-14(12-8-13-16)19(17,18)15-10-6-4-5-7-11-15/h16H,2-13H2,1H3. The Kier molecular flexibility index (Phi) is 7.90. The molecule has 0 radical (unpaired) electrons. The molecule has 1 saturated heterocycles. The van der Waals surface area contributed by atoms with E-state index in [2.05, 4.69) is 6.92 Å². The molecule has 19 heavy (non-hydrogen) atoms. The van der Waals surface area contributed by atoms with Gasteiger partial charge in [0.25, 0.3) is 10.2 Å². The Hall–Kier alpha value is -0.170. The molecule has 1 rings (SSSR count). The Morgan fingerprint density at radius 3 is 2.16 bits per heavy atom. The summed E-state index contributed by atoms with van der Waals surface area (Å²) in [7, 11) is -3.34. The molecule has 114 valence electrons. The minimum Gasteiger partial charge on any atom is -0.396 e. The molecule has 0 unspecified atom stereocenters. The Labute approximate surface area is 117 Å². The van der Waals surface area contributed by atoms with Crippen LogP contribution in [0.5, 0.6) is 0 Å². The third-order valence-corrected chi connectivity index (χ3v) is 5.58. The van der Waals surface area contributed by atoms with Gasteiger partial charge < -0.3 is 5.11 Å². The number of rotatable bonds is 8. The minimum atomic E-state index is -3.34. The molecule has 0 saturated carbocycles. The van der Waals surface area contributed by atoms with Crippen LogP contribution in [-0.4, -0.2) is 54.9 Å². The Morgan fingerprint density at radius 2 is 1.63 bits per heavy atom. The first-order valence-electron chi connectivity index (χ1n) is 7.49. The van der Waals surface area contributed by atoms with Gasteiger partial charge in [0.1, 0.15) is 0 Å². The molecule has 1 fully saturated rings. The normalized spacial score (nSPS) is 18.7. The van der Waals surface area contributed by atoms with Crippen molar-refractivity contribution in [1.29, 1.82) is 0 Å². The van der Waals surface area contributed by atoms with Crippen molar-refractivity contribution in [3.8, 4) is 0 Å². The Balaban J connectivity index is 2.71. The van der Waals surface area contributed by atoms with E-state index in [1.54, 1.807) is 8.61 Å². The van der Waals surface area contributed by atoms with Gasteiger partial charge in [-0.25, -0.2) is 0 Å². The fourth-order valence-corrected chi connectivity index (χ4v) is 4.13. The quantitative estimate of drug-likeness (QED) is 0.739. The van der Waals surface area contributed by atoms with Gasteiger partial charge in [-0.3, -0.25) is 0 Å². The summed E-state index contributed by atoms with van der Waals surface area (Å²) in [6.07, 6.45) is 6.53. The molecule has 6 heteroatoms. The fourth-order valence-electron chi connectivity index (χ4n) is 2.36. The zero-order valence-electron chi connectivity index (χ0n) is 12.1. The predicted molar refractivity (Wildman–Crippen MR) is 77.1 cm³/mol. The third-order valence-electron chi connectivity index (χ3n) is 3.54. The molecule has 0 aromatic rings. The lowest BCUT2D eigenvalue weighted by Gasteiger charge is -2.29. The van der Waals surface area contributed by atoms with Crippen LogP contribution in [0.2, 0.25) is 0 Å². The zero-order chi connectivity index (χ0) is 14.1. The molecule has 0 atom stereocenters. The van der Waals surface area contributed by atoms with E-state index in [0.717, 1.165) is 38.5 Å². The van der Waals surface area contributed by atoms with Crippen molar-refractivity contribution in [3.05, 3.63) is 0 Å². The van der Waals surface area contributed by atoms with Crippen LogP contribution in [0.3, 0.4) is 0 Å². The van der Waals surface area contributed by atoms with E-state index in [-0.39, 0.29) is 6.61 Å². The van der Waals surface area contributed by atoms with Crippen molar-refractivity contribution >= 4 is 10.2 Å². The maximum atomic E-state index is 12.6. The number of nitrogens with zero attached hydrogens (tertiary/aromatic N) is 2. The number of aliphatic hydroxyl groups excluding tert-OH is 1. The maximum absolute atomic E-state index is 12.6. The second-order valence-electron chi connectivity index (χ2n) is 5.15. The maximum Gasteiger partial charge on any atom is 0.281 e. The van der Waals surface area contributed by atoms with E-state index in [9.17, 15) is 8.42 Å². The average molecular weight is 292 g/mol. The highest BCUT2D eigenvalue weighted by atomic mass is 32.2. The molecule has 0 amide bonds. The van der Waals surface area contributed by atoms with Gasteiger partial charge in [0.2, 0.25) is 0 Å². The smallest absolute Gasteiger partial charge is 0.281 e. The minimum absolute atomic E-state index is 0.0398. The number of hydrogen-bond acceptors (Lipinski definition) is 3. The summed E-state index contributed by atoms with van der Waals surface area (Å²) in [4.78, 5) is 0. The molecule has 1 heterocycles. The first-order chi connectivity index (χ1) is 9.12. The van der Waals surface area contributed by atoms with Crippen LogP contribution in [-0.2, 0) is 10.2 Å².